The molecule has 0 bridgehead atoms. The molecule has 0 atom stereocenters. The van der Waals surface area contributed by atoms with E-state index in [1.54, 1.807) is 7.05 Å². The number of rotatable bonds is 7. The molecule has 6 nitrogen and oxygen atoms in total. The highest BCUT2D eigenvalue weighted by atomic mass is 127. The smallest absolute Gasteiger partial charge is 0.213 e. The van der Waals surface area contributed by atoms with Gasteiger partial charge in [-0.2, -0.15) is 0 Å². The summed E-state index contributed by atoms with van der Waals surface area (Å²) in [4.78, 5) is 8.64. The molecular formula is C20H30IN5O. The maximum absolute atomic E-state index is 6.05. The zero-order valence-corrected chi connectivity index (χ0v) is 18.3. The van der Waals surface area contributed by atoms with Gasteiger partial charge in [0.25, 0.3) is 0 Å². The van der Waals surface area contributed by atoms with E-state index >= 15 is 0 Å². The van der Waals surface area contributed by atoms with Crippen LogP contribution in [0.15, 0.2) is 47.8 Å². The topological polar surface area (TPSA) is 63.5 Å². The van der Waals surface area contributed by atoms with Crippen LogP contribution in [0.25, 0.3) is 0 Å². The zero-order chi connectivity index (χ0) is 18.0. The minimum absolute atomic E-state index is 0. The molecule has 2 aromatic heterocycles. The summed E-state index contributed by atoms with van der Waals surface area (Å²) in [7, 11) is 1.79. The van der Waals surface area contributed by atoms with E-state index in [9.17, 15) is 0 Å². The molecular weight excluding hydrogens is 453 g/mol. The highest BCUT2D eigenvalue weighted by Crippen LogP contribution is 2.22. The van der Waals surface area contributed by atoms with E-state index in [0.717, 1.165) is 43.3 Å². The second-order valence-electron chi connectivity index (χ2n) is 6.65. The fourth-order valence-corrected chi connectivity index (χ4v) is 3.21. The van der Waals surface area contributed by atoms with Crippen molar-refractivity contribution in [2.75, 3.05) is 13.6 Å². The molecule has 3 rings (SSSR count). The summed E-state index contributed by atoms with van der Waals surface area (Å²) in [5.41, 5.74) is 1.14. The van der Waals surface area contributed by atoms with Crippen LogP contribution in [0.5, 0.6) is 5.88 Å². The van der Waals surface area contributed by atoms with Crippen LogP contribution in [-0.2, 0) is 13.1 Å². The average molecular weight is 483 g/mol. The number of hydrogen-bond donors (Lipinski definition) is 2. The monoisotopic (exact) mass is 483 g/mol. The number of hydrogen-bond acceptors (Lipinski definition) is 3. The van der Waals surface area contributed by atoms with Gasteiger partial charge in [-0.3, -0.25) is 4.99 Å². The summed E-state index contributed by atoms with van der Waals surface area (Å²) in [5.74, 6) is 1.52. The lowest BCUT2D eigenvalue weighted by Crippen LogP contribution is -2.38. The first-order valence-corrected chi connectivity index (χ1v) is 9.50. The lowest BCUT2D eigenvalue weighted by molar-refractivity contribution is 0.148. The van der Waals surface area contributed by atoms with Gasteiger partial charge in [0, 0.05) is 51.3 Å². The molecule has 0 unspecified atom stereocenters. The normalized spacial score (nSPS) is 15.1. The van der Waals surface area contributed by atoms with Gasteiger partial charge in [0.1, 0.15) is 6.10 Å². The summed E-state index contributed by atoms with van der Waals surface area (Å²) in [5, 5.41) is 6.67. The summed E-state index contributed by atoms with van der Waals surface area (Å²) in [6.45, 7) is 2.41. The Morgan fingerprint density at radius 1 is 1.22 bits per heavy atom. The van der Waals surface area contributed by atoms with Crippen LogP contribution in [0.4, 0.5) is 0 Å². The minimum Gasteiger partial charge on any atom is -0.474 e. The van der Waals surface area contributed by atoms with Crippen LogP contribution in [0, 0.1) is 0 Å². The number of ether oxygens (including phenoxy) is 1. The van der Waals surface area contributed by atoms with Crippen LogP contribution in [0.2, 0.25) is 0 Å². The zero-order valence-electron chi connectivity index (χ0n) is 15.9. The van der Waals surface area contributed by atoms with Gasteiger partial charge in [-0.15, -0.1) is 24.0 Å². The van der Waals surface area contributed by atoms with E-state index in [4.69, 9.17) is 4.74 Å². The number of pyridine rings is 1. The molecule has 0 saturated heterocycles. The van der Waals surface area contributed by atoms with E-state index in [-0.39, 0.29) is 24.0 Å². The van der Waals surface area contributed by atoms with E-state index in [2.05, 4.69) is 37.6 Å². The number of nitrogens with one attached hydrogen (secondary N) is 2. The lowest BCUT2D eigenvalue weighted by Gasteiger charge is -2.22. The number of guanidine groups is 1. The number of aromatic nitrogens is 2. The molecule has 0 amide bonds. The third-order valence-corrected chi connectivity index (χ3v) is 4.65. The van der Waals surface area contributed by atoms with Gasteiger partial charge in [0.15, 0.2) is 5.96 Å². The molecule has 0 aromatic carbocycles. The second-order valence-corrected chi connectivity index (χ2v) is 6.65. The summed E-state index contributed by atoms with van der Waals surface area (Å²) < 4.78 is 8.18. The molecule has 2 aromatic rings. The van der Waals surface area contributed by atoms with Crippen LogP contribution in [-0.4, -0.2) is 35.2 Å². The quantitative estimate of drug-likeness (QED) is 0.359. The summed E-state index contributed by atoms with van der Waals surface area (Å²) in [6, 6.07) is 8.09. The number of nitrogens with zero attached hydrogens (tertiary/aromatic N) is 3. The van der Waals surface area contributed by atoms with Crippen molar-refractivity contribution < 1.29 is 4.74 Å². The van der Waals surface area contributed by atoms with Gasteiger partial charge >= 0.3 is 0 Å². The molecule has 2 N–H and O–H groups in total. The molecule has 7 heteroatoms. The first kappa shape index (κ1) is 21.5. The highest BCUT2D eigenvalue weighted by molar-refractivity contribution is 14.0. The van der Waals surface area contributed by atoms with Gasteiger partial charge in [-0.1, -0.05) is 6.42 Å². The number of aliphatic imine (C=N–C) groups is 1. The third kappa shape index (κ3) is 7.40. The Kier molecular flexibility index (Phi) is 9.44. The molecule has 0 aliphatic heterocycles. The molecule has 1 aliphatic carbocycles. The maximum Gasteiger partial charge on any atom is 0.213 e. The Morgan fingerprint density at radius 2 is 2.00 bits per heavy atom. The SMILES string of the molecule is CN=C(NCCn1cccc1)NCc1ccnc(OC2CCCCC2)c1.I. The predicted molar refractivity (Wildman–Crippen MR) is 120 cm³/mol. The maximum atomic E-state index is 6.05. The second kappa shape index (κ2) is 11.8. The Hall–Kier alpha value is -1.77. The van der Waals surface area contributed by atoms with Gasteiger partial charge in [0.05, 0.1) is 0 Å². The fraction of sp³-hybridized carbons (Fsp3) is 0.500. The Bertz CT molecular complexity index is 683. The standard InChI is InChI=1S/C20H29N5O.HI/c1-21-20(23-11-14-25-12-5-6-13-25)24-16-17-9-10-22-19(15-17)26-18-7-3-2-4-8-18;/h5-6,9-10,12-13,15,18H,2-4,7-8,11,14,16H2,1H3,(H2,21,23,24);1H. The van der Waals surface area contributed by atoms with E-state index < -0.39 is 0 Å². The van der Waals surface area contributed by atoms with Crippen molar-refractivity contribution in [1.82, 2.24) is 20.2 Å². The van der Waals surface area contributed by atoms with Crippen molar-refractivity contribution in [2.45, 2.75) is 51.3 Å². The predicted octanol–water partition coefficient (Wildman–Crippen LogP) is 3.58. The Morgan fingerprint density at radius 3 is 2.74 bits per heavy atom. The average Bonchev–Trinajstić information content (AvgIpc) is 3.19. The number of halogens is 1. The fourth-order valence-electron chi connectivity index (χ4n) is 3.21. The minimum atomic E-state index is 0. The van der Waals surface area contributed by atoms with E-state index in [1.165, 1.54) is 19.3 Å². The Labute approximate surface area is 178 Å². The lowest BCUT2D eigenvalue weighted by atomic mass is 9.98. The van der Waals surface area contributed by atoms with Crippen LogP contribution < -0.4 is 15.4 Å². The van der Waals surface area contributed by atoms with Crippen molar-refractivity contribution in [3.63, 3.8) is 0 Å². The summed E-state index contributed by atoms with van der Waals surface area (Å²) >= 11 is 0. The van der Waals surface area contributed by atoms with E-state index in [1.807, 2.05) is 30.5 Å². The van der Waals surface area contributed by atoms with Crippen molar-refractivity contribution >= 4 is 29.9 Å². The van der Waals surface area contributed by atoms with Crippen LogP contribution >= 0.6 is 24.0 Å². The molecule has 148 valence electrons. The van der Waals surface area contributed by atoms with Gasteiger partial charge < -0.3 is 19.9 Å². The molecule has 1 fully saturated rings. The molecule has 0 radical (unpaired) electrons. The van der Waals surface area contributed by atoms with Crippen LogP contribution in [0.1, 0.15) is 37.7 Å². The van der Waals surface area contributed by atoms with Crippen LogP contribution in [0.3, 0.4) is 0 Å². The van der Waals surface area contributed by atoms with Crippen molar-refractivity contribution in [3.8, 4) is 5.88 Å². The first-order valence-electron chi connectivity index (χ1n) is 9.50. The van der Waals surface area contributed by atoms with Crippen molar-refractivity contribution in [1.29, 1.82) is 0 Å². The van der Waals surface area contributed by atoms with Crippen molar-refractivity contribution in [2.24, 2.45) is 4.99 Å². The molecule has 1 aliphatic rings. The largest absolute Gasteiger partial charge is 0.474 e. The van der Waals surface area contributed by atoms with E-state index in [0.29, 0.717) is 12.6 Å². The molecule has 2 heterocycles. The van der Waals surface area contributed by atoms with Gasteiger partial charge in [0.2, 0.25) is 5.88 Å². The third-order valence-electron chi connectivity index (χ3n) is 4.65. The highest BCUT2D eigenvalue weighted by Gasteiger charge is 2.15. The van der Waals surface area contributed by atoms with Gasteiger partial charge in [-0.05, 0) is 49.4 Å². The molecule has 0 spiro atoms. The van der Waals surface area contributed by atoms with Crippen molar-refractivity contribution in [3.05, 3.63) is 48.4 Å². The Balaban J connectivity index is 0.00000261. The van der Waals surface area contributed by atoms with Gasteiger partial charge in [-0.25, -0.2) is 4.98 Å². The first-order chi connectivity index (χ1) is 12.8. The molecule has 1 saturated carbocycles. The summed E-state index contributed by atoms with van der Waals surface area (Å²) in [6.07, 6.45) is 12.4. The molecule has 27 heavy (non-hydrogen) atoms.